The van der Waals surface area contributed by atoms with Crippen molar-refractivity contribution in [2.45, 2.75) is 19.9 Å². The summed E-state index contributed by atoms with van der Waals surface area (Å²) in [6.07, 6.45) is 0. The first-order chi connectivity index (χ1) is 8.08. The van der Waals surface area contributed by atoms with Crippen molar-refractivity contribution in [2.75, 3.05) is 18.9 Å². The summed E-state index contributed by atoms with van der Waals surface area (Å²) in [5.41, 5.74) is 6.25. The topological polar surface area (TPSA) is 76.4 Å². The Morgan fingerprint density at radius 1 is 1.35 bits per heavy atom. The van der Waals surface area contributed by atoms with Gasteiger partial charge >= 0.3 is 6.03 Å². The second-order valence-corrected chi connectivity index (χ2v) is 3.97. The van der Waals surface area contributed by atoms with Crippen LogP contribution in [-0.4, -0.2) is 25.2 Å². The van der Waals surface area contributed by atoms with Gasteiger partial charge in [-0.05, 0) is 38.1 Å². The minimum atomic E-state index is -0.180. The van der Waals surface area contributed by atoms with Crippen LogP contribution in [0, 0.1) is 0 Å². The monoisotopic (exact) mass is 237 g/mol. The quantitative estimate of drug-likeness (QED) is 0.534. The Morgan fingerprint density at radius 3 is 2.59 bits per heavy atom. The number of urea groups is 1. The van der Waals surface area contributed by atoms with E-state index in [-0.39, 0.29) is 12.1 Å². The smallest absolute Gasteiger partial charge is 0.315 e. The molecule has 1 aromatic carbocycles. The van der Waals surface area contributed by atoms with E-state index in [4.69, 9.17) is 10.5 Å². The minimum absolute atomic E-state index is 0.132. The molecule has 4 N–H and O–H groups in total. The van der Waals surface area contributed by atoms with Crippen LogP contribution in [0.4, 0.5) is 10.5 Å². The molecular formula is C12H19N3O2. The van der Waals surface area contributed by atoms with E-state index in [1.54, 1.807) is 24.3 Å². The molecule has 0 aliphatic heterocycles. The van der Waals surface area contributed by atoms with E-state index < -0.39 is 0 Å². The molecule has 17 heavy (non-hydrogen) atoms. The van der Waals surface area contributed by atoms with Crippen LogP contribution in [0.1, 0.15) is 13.8 Å². The van der Waals surface area contributed by atoms with Crippen molar-refractivity contribution >= 4 is 11.7 Å². The molecule has 0 heterocycles. The van der Waals surface area contributed by atoms with Crippen molar-refractivity contribution < 1.29 is 9.53 Å². The third-order valence-corrected chi connectivity index (χ3v) is 1.96. The van der Waals surface area contributed by atoms with E-state index in [9.17, 15) is 4.79 Å². The second kappa shape index (κ2) is 6.62. The molecule has 0 bridgehead atoms. The fraction of sp³-hybridized carbons (Fsp3) is 0.417. The van der Waals surface area contributed by atoms with Crippen LogP contribution in [0.2, 0.25) is 0 Å². The molecule has 0 aromatic heterocycles. The number of nitrogen functional groups attached to an aromatic ring is 1. The van der Waals surface area contributed by atoms with Gasteiger partial charge in [0, 0.05) is 11.7 Å². The minimum Gasteiger partial charge on any atom is -0.492 e. The van der Waals surface area contributed by atoms with Gasteiger partial charge in [0.25, 0.3) is 0 Å². The molecule has 0 fully saturated rings. The van der Waals surface area contributed by atoms with E-state index in [0.717, 1.165) is 5.75 Å². The molecule has 94 valence electrons. The lowest BCUT2D eigenvalue weighted by Gasteiger charge is -2.10. The molecule has 0 atom stereocenters. The molecule has 0 saturated heterocycles. The van der Waals surface area contributed by atoms with E-state index in [0.29, 0.717) is 18.8 Å². The van der Waals surface area contributed by atoms with Crippen molar-refractivity contribution in [3.05, 3.63) is 24.3 Å². The fourth-order valence-electron chi connectivity index (χ4n) is 1.21. The fourth-order valence-corrected chi connectivity index (χ4v) is 1.21. The summed E-state index contributed by atoms with van der Waals surface area (Å²) in [6, 6.07) is 7.09. The Hall–Kier alpha value is -1.91. The van der Waals surface area contributed by atoms with Gasteiger partial charge in [-0.25, -0.2) is 4.79 Å². The van der Waals surface area contributed by atoms with Crippen molar-refractivity contribution in [3.63, 3.8) is 0 Å². The number of anilines is 1. The highest BCUT2D eigenvalue weighted by atomic mass is 16.5. The predicted molar refractivity (Wildman–Crippen MR) is 68.0 cm³/mol. The number of nitrogens with one attached hydrogen (secondary N) is 2. The predicted octanol–water partition coefficient (Wildman–Crippen LogP) is 1.36. The van der Waals surface area contributed by atoms with Crippen molar-refractivity contribution in [1.82, 2.24) is 10.6 Å². The van der Waals surface area contributed by atoms with Gasteiger partial charge in [0.05, 0.1) is 6.54 Å². The van der Waals surface area contributed by atoms with Crippen LogP contribution >= 0.6 is 0 Å². The van der Waals surface area contributed by atoms with Crippen LogP contribution in [0.3, 0.4) is 0 Å². The molecule has 5 heteroatoms. The van der Waals surface area contributed by atoms with Gasteiger partial charge < -0.3 is 21.1 Å². The zero-order valence-corrected chi connectivity index (χ0v) is 10.2. The van der Waals surface area contributed by atoms with Crippen molar-refractivity contribution in [2.24, 2.45) is 0 Å². The van der Waals surface area contributed by atoms with Gasteiger partial charge in [0.1, 0.15) is 12.4 Å². The summed E-state index contributed by atoms with van der Waals surface area (Å²) < 4.78 is 5.42. The number of carbonyl (C=O) groups excluding carboxylic acids is 1. The Labute approximate surface area is 101 Å². The molecular weight excluding hydrogens is 218 g/mol. The maximum absolute atomic E-state index is 11.2. The Balaban J connectivity index is 2.16. The summed E-state index contributed by atoms with van der Waals surface area (Å²) in [5, 5.41) is 5.42. The SMILES string of the molecule is CC(C)NC(=O)NCCOc1ccc(N)cc1. The Kier molecular flexibility index (Phi) is 5.13. The molecule has 1 aromatic rings. The van der Waals surface area contributed by atoms with Gasteiger partial charge in [0.2, 0.25) is 0 Å². The summed E-state index contributed by atoms with van der Waals surface area (Å²) in [7, 11) is 0. The van der Waals surface area contributed by atoms with E-state index in [1.165, 1.54) is 0 Å². The van der Waals surface area contributed by atoms with Gasteiger partial charge in [-0.2, -0.15) is 0 Å². The molecule has 0 saturated carbocycles. The zero-order chi connectivity index (χ0) is 12.7. The zero-order valence-electron chi connectivity index (χ0n) is 10.2. The first kappa shape index (κ1) is 13.2. The lowest BCUT2D eigenvalue weighted by atomic mass is 10.3. The standard InChI is InChI=1S/C12H19N3O2/c1-9(2)15-12(16)14-7-8-17-11-5-3-10(13)4-6-11/h3-6,9H,7-8,13H2,1-2H3,(H2,14,15,16). The molecule has 0 spiro atoms. The first-order valence-electron chi connectivity index (χ1n) is 5.60. The third-order valence-electron chi connectivity index (χ3n) is 1.96. The van der Waals surface area contributed by atoms with E-state index in [2.05, 4.69) is 10.6 Å². The average molecular weight is 237 g/mol. The highest BCUT2D eigenvalue weighted by molar-refractivity contribution is 5.74. The lowest BCUT2D eigenvalue weighted by Crippen LogP contribution is -2.41. The number of hydrogen-bond acceptors (Lipinski definition) is 3. The second-order valence-electron chi connectivity index (χ2n) is 3.97. The van der Waals surface area contributed by atoms with Crippen LogP contribution in [0.25, 0.3) is 0 Å². The van der Waals surface area contributed by atoms with Crippen LogP contribution in [0.5, 0.6) is 5.75 Å². The van der Waals surface area contributed by atoms with E-state index >= 15 is 0 Å². The van der Waals surface area contributed by atoms with Crippen LogP contribution in [0.15, 0.2) is 24.3 Å². The molecule has 0 aliphatic carbocycles. The number of nitrogens with two attached hydrogens (primary N) is 1. The first-order valence-corrected chi connectivity index (χ1v) is 5.60. The molecule has 0 radical (unpaired) electrons. The number of ether oxygens (including phenoxy) is 1. The lowest BCUT2D eigenvalue weighted by molar-refractivity contribution is 0.234. The maximum Gasteiger partial charge on any atom is 0.315 e. The van der Waals surface area contributed by atoms with Crippen LogP contribution < -0.4 is 21.1 Å². The number of benzene rings is 1. The molecule has 1 rings (SSSR count). The summed E-state index contributed by atoms with van der Waals surface area (Å²) >= 11 is 0. The normalized spacial score (nSPS) is 10.1. The molecule has 0 aliphatic rings. The highest BCUT2D eigenvalue weighted by Gasteiger charge is 2.01. The third kappa shape index (κ3) is 5.65. The van der Waals surface area contributed by atoms with Gasteiger partial charge in [-0.3, -0.25) is 0 Å². The van der Waals surface area contributed by atoms with Gasteiger partial charge in [-0.15, -0.1) is 0 Å². The van der Waals surface area contributed by atoms with Crippen molar-refractivity contribution in [3.8, 4) is 5.75 Å². The number of amides is 2. The van der Waals surface area contributed by atoms with Gasteiger partial charge in [0.15, 0.2) is 0 Å². The van der Waals surface area contributed by atoms with Crippen molar-refractivity contribution in [1.29, 1.82) is 0 Å². The Bertz CT molecular complexity index is 349. The largest absolute Gasteiger partial charge is 0.492 e. The maximum atomic E-state index is 11.2. The van der Waals surface area contributed by atoms with E-state index in [1.807, 2.05) is 13.8 Å². The van der Waals surface area contributed by atoms with Crippen LogP contribution in [-0.2, 0) is 0 Å². The summed E-state index contributed by atoms with van der Waals surface area (Å²) in [4.78, 5) is 11.2. The average Bonchev–Trinajstić information content (AvgIpc) is 2.26. The summed E-state index contributed by atoms with van der Waals surface area (Å²) in [6.45, 7) is 4.70. The number of rotatable bonds is 5. The number of hydrogen-bond donors (Lipinski definition) is 3. The molecule has 2 amide bonds. The van der Waals surface area contributed by atoms with Gasteiger partial charge in [-0.1, -0.05) is 0 Å². The molecule has 5 nitrogen and oxygen atoms in total. The Morgan fingerprint density at radius 2 is 2.00 bits per heavy atom. The highest BCUT2D eigenvalue weighted by Crippen LogP contribution is 2.12. The number of carbonyl (C=O) groups is 1. The molecule has 0 unspecified atom stereocenters. The summed E-state index contributed by atoms with van der Waals surface area (Å²) in [5.74, 6) is 0.741.